The maximum absolute atomic E-state index is 12.6. The van der Waals surface area contributed by atoms with Crippen LogP contribution in [0.1, 0.15) is 15.9 Å². The first-order valence-electron chi connectivity index (χ1n) is 8.03. The monoisotopic (exact) mass is 424 g/mol. The smallest absolute Gasteiger partial charge is 0.340 e. The summed E-state index contributed by atoms with van der Waals surface area (Å²) in [6, 6.07) is 14.2. The zero-order chi connectivity index (χ0) is 19.1. The number of carbonyl (C=O) groups is 2. The SMILES string of the molecule is COC(=O)c1c(-c2ccc(Br)cc2)[nH]c(O)c1C1=c2ccccc2=NC1=O. The third kappa shape index (κ3) is 2.76. The summed E-state index contributed by atoms with van der Waals surface area (Å²) in [5.41, 5.74) is 1.39. The van der Waals surface area contributed by atoms with Crippen molar-refractivity contribution in [2.24, 2.45) is 4.99 Å². The van der Waals surface area contributed by atoms with Crippen molar-refractivity contribution >= 4 is 33.4 Å². The predicted molar refractivity (Wildman–Crippen MR) is 102 cm³/mol. The van der Waals surface area contributed by atoms with E-state index in [4.69, 9.17) is 4.74 Å². The highest BCUT2D eigenvalue weighted by Crippen LogP contribution is 2.37. The topological polar surface area (TPSA) is 91.8 Å². The zero-order valence-electron chi connectivity index (χ0n) is 14.1. The molecule has 0 spiro atoms. The average molecular weight is 425 g/mol. The lowest BCUT2D eigenvalue weighted by atomic mass is 9.98. The largest absolute Gasteiger partial charge is 0.494 e. The summed E-state index contributed by atoms with van der Waals surface area (Å²) >= 11 is 3.37. The number of halogens is 1. The number of methoxy groups -OCH3 is 1. The molecule has 0 saturated heterocycles. The molecule has 1 aliphatic rings. The van der Waals surface area contributed by atoms with Crippen molar-refractivity contribution in [2.75, 3.05) is 7.11 Å². The highest BCUT2D eigenvalue weighted by molar-refractivity contribution is 9.10. The van der Waals surface area contributed by atoms with Gasteiger partial charge in [-0.3, -0.25) is 4.79 Å². The second-order valence-electron chi connectivity index (χ2n) is 5.91. The standard InChI is InChI=1S/C20H13BrN2O4/c1-27-20(26)16-15(14-12-4-2-3-5-13(12)22-18(14)24)19(25)23-17(16)10-6-8-11(21)9-7-10/h2-9,23,25H,1H3. The summed E-state index contributed by atoms with van der Waals surface area (Å²) in [5, 5.41) is 11.6. The Morgan fingerprint density at radius 2 is 1.85 bits per heavy atom. The van der Waals surface area contributed by atoms with Gasteiger partial charge in [0.05, 0.1) is 34.9 Å². The number of rotatable bonds is 3. The van der Waals surface area contributed by atoms with Crippen LogP contribution in [0.3, 0.4) is 0 Å². The van der Waals surface area contributed by atoms with E-state index in [1.54, 1.807) is 36.4 Å². The normalized spacial score (nSPS) is 12.7. The summed E-state index contributed by atoms with van der Waals surface area (Å²) in [7, 11) is 1.25. The summed E-state index contributed by atoms with van der Waals surface area (Å²) in [4.78, 5) is 31.9. The quantitative estimate of drug-likeness (QED) is 0.630. The number of nitrogens with zero attached hydrogens (tertiary/aromatic N) is 1. The third-order valence-electron chi connectivity index (χ3n) is 4.36. The Kier molecular flexibility index (Phi) is 4.16. The molecule has 134 valence electrons. The fraction of sp³-hybridized carbons (Fsp3) is 0.0500. The van der Waals surface area contributed by atoms with Crippen molar-refractivity contribution in [1.29, 1.82) is 0 Å². The number of aromatic nitrogens is 1. The first kappa shape index (κ1) is 17.2. The van der Waals surface area contributed by atoms with Crippen molar-refractivity contribution in [2.45, 2.75) is 0 Å². The molecule has 2 aromatic carbocycles. The van der Waals surface area contributed by atoms with E-state index in [0.717, 1.165) is 4.47 Å². The Morgan fingerprint density at radius 1 is 1.15 bits per heavy atom. The van der Waals surface area contributed by atoms with Gasteiger partial charge in [0.25, 0.3) is 5.91 Å². The molecule has 6 nitrogen and oxygen atoms in total. The number of amides is 1. The van der Waals surface area contributed by atoms with Gasteiger partial charge in [-0.25, -0.2) is 9.79 Å². The molecule has 1 amide bonds. The van der Waals surface area contributed by atoms with Crippen LogP contribution in [0, 0.1) is 0 Å². The molecular weight excluding hydrogens is 412 g/mol. The highest BCUT2D eigenvalue weighted by Gasteiger charge is 2.31. The molecule has 3 aromatic rings. The van der Waals surface area contributed by atoms with Crippen LogP contribution in [0.2, 0.25) is 0 Å². The van der Waals surface area contributed by atoms with Crippen molar-refractivity contribution in [3.63, 3.8) is 0 Å². The molecule has 0 atom stereocenters. The first-order valence-corrected chi connectivity index (χ1v) is 8.82. The molecule has 0 bridgehead atoms. The Balaban J connectivity index is 2.06. The van der Waals surface area contributed by atoms with Crippen LogP contribution in [0.5, 0.6) is 5.88 Å². The van der Waals surface area contributed by atoms with Gasteiger partial charge in [-0.2, -0.15) is 0 Å². The first-order chi connectivity index (χ1) is 13.0. The van der Waals surface area contributed by atoms with E-state index >= 15 is 0 Å². The molecule has 2 heterocycles. The second kappa shape index (κ2) is 6.51. The van der Waals surface area contributed by atoms with E-state index in [2.05, 4.69) is 25.9 Å². The van der Waals surface area contributed by atoms with Crippen molar-refractivity contribution in [3.8, 4) is 17.1 Å². The molecule has 0 unspecified atom stereocenters. The number of hydrogen-bond acceptors (Lipinski definition) is 4. The number of carbonyl (C=O) groups excluding carboxylic acids is 2. The van der Waals surface area contributed by atoms with Crippen LogP contribution in [0.15, 0.2) is 58.0 Å². The van der Waals surface area contributed by atoms with Gasteiger partial charge in [0.2, 0.25) is 0 Å². The van der Waals surface area contributed by atoms with Gasteiger partial charge in [0.1, 0.15) is 0 Å². The predicted octanol–water partition coefficient (Wildman–Crippen LogP) is 2.30. The van der Waals surface area contributed by atoms with E-state index in [9.17, 15) is 14.7 Å². The second-order valence-corrected chi connectivity index (χ2v) is 6.82. The fourth-order valence-corrected chi connectivity index (χ4v) is 3.44. The van der Waals surface area contributed by atoms with Gasteiger partial charge < -0.3 is 14.8 Å². The van der Waals surface area contributed by atoms with Gasteiger partial charge >= 0.3 is 5.97 Å². The minimum absolute atomic E-state index is 0.0903. The third-order valence-corrected chi connectivity index (χ3v) is 4.89. The van der Waals surface area contributed by atoms with Crippen LogP contribution >= 0.6 is 15.9 Å². The van der Waals surface area contributed by atoms with Crippen molar-refractivity contribution < 1.29 is 19.4 Å². The molecule has 1 aromatic heterocycles. The Morgan fingerprint density at radius 3 is 2.56 bits per heavy atom. The minimum atomic E-state index is -0.663. The maximum atomic E-state index is 12.6. The number of fused-ring (bicyclic) bond motifs is 1. The fourth-order valence-electron chi connectivity index (χ4n) is 3.17. The number of benzene rings is 2. The number of hydrogen-bond donors (Lipinski definition) is 2. The van der Waals surface area contributed by atoms with Crippen LogP contribution in [0.25, 0.3) is 16.8 Å². The maximum Gasteiger partial charge on any atom is 0.340 e. The molecule has 0 radical (unpaired) electrons. The van der Waals surface area contributed by atoms with Crippen LogP contribution in [0.4, 0.5) is 0 Å². The molecule has 0 aliphatic carbocycles. The summed E-state index contributed by atoms with van der Waals surface area (Å²) in [5.74, 6) is -1.47. The van der Waals surface area contributed by atoms with Gasteiger partial charge in [-0.1, -0.05) is 46.3 Å². The Hall–Kier alpha value is -3.19. The molecule has 1 aliphatic heterocycles. The van der Waals surface area contributed by atoms with E-state index < -0.39 is 11.9 Å². The van der Waals surface area contributed by atoms with Crippen LogP contribution in [-0.2, 0) is 9.53 Å². The summed E-state index contributed by atoms with van der Waals surface area (Å²) in [6.45, 7) is 0. The lowest BCUT2D eigenvalue weighted by Gasteiger charge is -2.06. The van der Waals surface area contributed by atoms with E-state index in [-0.39, 0.29) is 22.6 Å². The average Bonchev–Trinajstić information content (AvgIpc) is 3.17. The van der Waals surface area contributed by atoms with Gasteiger partial charge in [-0.05, 0) is 23.8 Å². The number of H-pyrrole nitrogens is 1. The number of aromatic amines is 1. The number of aromatic hydroxyl groups is 1. The number of esters is 1. The zero-order valence-corrected chi connectivity index (χ0v) is 15.7. The molecule has 4 rings (SSSR count). The molecule has 0 saturated carbocycles. The summed E-state index contributed by atoms with van der Waals surface area (Å²) < 4.78 is 5.79. The molecule has 27 heavy (non-hydrogen) atoms. The lowest BCUT2D eigenvalue weighted by molar-refractivity contribution is -0.112. The Bertz CT molecular complexity index is 1210. The lowest BCUT2D eigenvalue weighted by Crippen LogP contribution is -2.23. The van der Waals surface area contributed by atoms with Gasteiger partial charge in [0, 0.05) is 9.69 Å². The number of nitrogens with one attached hydrogen (secondary N) is 1. The highest BCUT2D eigenvalue weighted by atomic mass is 79.9. The molecule has 2 N–H and O–H groups in total. The van der Waals surface area contributed by atoms with Gasteiger partial charge in [-0.15, -0.1) is 0 Å². The molecule has 7 heteroatoms. The van der Waals surface area contributed by atoms with E-state index in [1.807, 2.05) is 12.1 Å². The number of para-hydroxylation sites is 1. The van der Waals surface area contributed by atoms with E-state index in [0.29, 0.717) is 21.8 Å². The summed E-state index contributed by atoms with van der Waals surface area (Å²) in [6.07, 6.45) is 0. The van der Waals surface area contributed by atoms with Gasteiger partial charge in [0.15, 0.2) is 5.88 Å². The molecular formula is C20H13BrN2O4. The van der Waals surface area contributed by atoms with Crippen LogP contribution < -0.4 is 10.6 Å². The minimum Gasteiger partial charge on any atom is -0.494 e. The van der Waals surface area contributed by atoms with E-state index in [1.165, 1.54) is 7.11 Å². The van der Waals surface area contributed by atoms with Crippen molar-refractivity contribution in [3.05, 3.63) is 74.7 Å². The molecule has 0 fully saturated rings. The number of ether oxygens (including phenoxy) is 1. The Labute approximate surface area is 162 Å². The van der Waals surface area contributed by atoms with Crippen LogP contribution in [-0.4, -0.2) is 29.1 Å². The van der Waals surface area contributed by atoms with Crippen molar-refractivity contribution in [1.82, 2.24) is 4.98 Å².